The zero-order valence-electron chi connectivity index (χ0n) is 12.3. The minimum absolute atomic E-state index is 0.153. The number of carbonyl (C=O) groups is 1. The fourth-order valence-corrected chi connectivity index (χ4v) is 1.88. The SMILES string of the molecule is COC(CNC(C)=O)c1ccc(-c2noc(C(F)(F)F)n2)cc1. The standard InChI is InChI=1S/C14H14F3N3O3/c1-8(21)18-7-11(22-2)9-3-5-10(6-4-9)12-19-13(23-20-12)14(15,16)17/h3-6,11H,7H2,1-2H3,(H,18,21). The van der Waals surface area contributed by atoms with Crippen LogP contribution in [0.1, 0.15) is 24.5 Å². The van der Waals surface area contributed by atoms with Gasteiger partial charge in [-0.15, -0.1) is 0 Å². The molecular weight excluding hydrogens is 315 g/mol. The van der Waals surface area contributed by atoms with E-state index in [-0.39, 0.29) is 24.4 Å². The first kappa shape index (κ1) is 16.9. The Kier molecular flexibility index (Phi) is 4.99. The summed E-state index contributed by atoms with van der Waals surface area (Å²) in [5.74, 6) is -1.73. The molecule has 0 saturated carbocycles. The quantitative estimate of drug-likeness (QED) is 0.912. The maximum absolute atomic E-state index is 12.4. The minimum Gasteiger partial charge on any atom is -0.375 e. The van der Waals surface area contributed by atoms with Gasteiger partial charge in [0.25, 0.3) is 0 Å². The van der Waals surface area contributed by atoms with E-state index in [1.807, 2.05) is 0 Å². The monoisotopic (exact) mass is 329 g/mol. The lowest BCUT2D eigenvalue weighted by Gasteiger charge is -2.16. The molecule has 9 heteroatoms. The molecule has 1 amide bonds. The molecule has 124 valence electrons. The summed E-state index contributed by atoms with van der Waals surface area (Å²) < 4.78 is 46.8. The number of hydrogen-bond donors (Lipinski definition) is 1. The first-order valence-electron chi connectivity index (χ1n) is 6.59. The van der Waals surface area contributed by atoms with Gasteiger partial charge in [-0.2, -0.15) is 18.2 Å². The molecule has 23 heavy (non-hydrogen) atoms. The van der Waals surface area contributed by atoms with Crippen molar-refractivity contribution < 1.29 is 27.2 Å². The van der Waals surface area contributed by atoms with Gasteiger partial charge in [-0.05, 0) is 5.56 Å². The molecule has 0 spiro atoms. The van der Waals surface area contributed by atoms with Crippen LogP contribution in [-0.4, -0.2) is 29.7 Å². The van der Waals surface area contributed by atoms with Crippen LogP contribution in [-0.2, 0) is 15.7 Å². The van der Waals surface area contributed by atoms with Gasteiger partial charge < -0.3 is 14.6 Å². The summed E-state index contributed by atoms with van der Waals surface area (Å²) in [6, 6.07) is 6.43. The number of hydrogen-bond acceptors (Lipinski definition) is 5. The van der Waals surface area contributed by atoms with E-state index in [0.717, 1.165) is 5.56 Å². The smallest absolute Gasteiger partial charge is 0.375 e. The van der Waals surface area contributed by atoms with Crippen molar-refractivity contribution in [2.75, 3.05) is 13.7 Å². The van der Waals surface area contributed by atoms with Crippen LogP contribution in [0.5, 0.6) is 0 Å². The molecule has 1 N–H and O–H groups in total. The second-order valence-corrected chi connectivity index (χ2v) is 4.70. The molecule has 0 aliphatic rings. The molecule has 1 aromatic heterocycles. The molecule has 2 rings (SSSR count). The molecule has 0 saturated heterocycles. The molecule has 2 aromatic rings. The molecule has 1 unspecified atom stereocenters. The highest BCUT2D eigenvalue weighted by atomic mass is 19.4. The predicted molar refractivity (Wildman–Crippen MR) is 73.2 cm³/mol. The van der Waals surface area contributed by atoms with E-state index in [2.05, 4.69) is 20.0 Å². The first-order chi connectivity index (χ1) is 10.8. The average Bonchev–Trinajstić information content (AvgIpc) is 2.98. The molecule has 1 aromatic carbocycles. The third-order valence-electron chi connectivity index (χ3n) is 3.03. The summed E-state index contributed by atoms with van der Waals surface area (Å²) in [5.41, 5.74) is 1.13. The van der Waals surface area contributed by atoms with E-state index in [1.165, 1.54) is 14.0 Å². The van der Waals surface area contributed by atoms with Crippen molar-refractivity contribution in [3.05, 3.63) is 35.7 Å². The Bertz CT molecular complexity index is 668. The van der Waals surface area contributed by atoms with E-state index in [4.69, 9.17) is 4.74 Å². The van der Waals surface area contributed by atoms with Gasteiger partial charge in [0.05, 0.1) is 6.10 Å². The second-order valence-electron chi connectivity index (χ2n) is 4.70. The number of ether oxygens (including phenoxy) is 1. The molecule has 0 bridgehead atoms. The van der Waals surface area contributed by atoms with E-state index < -0.39 is 12.1 Å². The summed E-state index contributed by atoms with van der Waals surface area (Å²) >= 11 is 0. The summed E-state index contributed by atoms with van der Waals surface area (Å²) in [4.78, 5) is 14.2. The molecule has 0 aliphatic carbocycles. The van der Waals surface area contributed by atoms with E-state index >= 15 is 0 Å². The minimum atomic E-state index is -4.68. The van der Waals surface area contributed by atoms with Crippen LogP contribution >= 0.6 is 0 Å². The maximum atomic E-state index is 12.4. The van der Waals surface area contributed by atoms with Crippen LogP contribution < -0.4 is 5.32 Å². The molecule has 1 heterocycles. The number of rotatable bonds is 5. The number of nitrogens with zero attached hydrogens (tertiary/aromatic N) is 2. The highest BCUT2D eigenvalue weighted by molar-refractivity contribution is 5.72. The van der Waals surface area contributed by atoms with Crippen LogP contribution in [0.2, 0.25) is 0 Å². The van der Waals surface area contributed by atoms with Crippen LogP contribution in [0, 0.1) is 0 Å². The van der Waals surface area contributed by atoms with Crippen molar-refractivity contribution in [1.29, 1.82) is 0 Å². The fraction of sp³-hybridized carbons (Fsp3) is 0.357. The number of benzene rings is 1. The Hall–Kier alpha value is -2.42. The number of halogens is 3. The summed E-state index contributed by atoms with van der Waals surface area (Å²) in [6.07, 6.45) is -5.05. The third-order valence-corrected chi connectivity index (χ3v) is 3.03. The van der Waals surface area contributed by atoms with Crippen molar-refractivity contribution in [3.8, 4) is 11.4 Å². The number of carbonyl (C=O) groups excluding carboxylic acids is 1. The van der Waals surface area contributed by atoms with Crippen LogP contribution in [0.3, 0.4) is 0 Å². The zero-order chi connectivity index (χ0) is 17.0. The van der Waals surface area contributed by atoms with Crippen molar-refractivity contribution in [3.63, 3.8) is 0 Å². The molecule has 1 atom stereocenters. The van der Waals surface area contributed by atoms with Gasteiger partial charge in [0.1, 0.15) is 0 Å². The van der Waals surface area contributed by atoms with Gasteiger partial charge in [-0.25, -0.2) is 0 Å². The Morgan fingerprint density at radius 1 is 1.35 bits per heavy atom. The van der Waals surface area contributed by atoms with Gasteiger partial charge in [0.2, 0.25) is 11.7 Å². The van der Waals surface area contributed by atoms with E-state index in [9.17, 15) is 18.0 Å². The molecule has 0 fully saturated rings. The Balaban J connectivity index is 2.15. The summed E-state index contributed by atoms with van der Waals surface area (Å²) in [7, 11) is 1.50. The first-order valence-corrected chi connectivity index (χ1v) is 6.59. The van der Waals surface area contributed by atoms with Crippen molar-refractivity contribution in [2.24, 2.45) is 0 Å². The van der Waals surface area contributed by atoms with Crippen LogP contribution in [0.4, 0.5) is 13.2 Å². The second kappa shape index (κ2) is 6.78. The molecular formula is C14H14F3N3O3. The zero-order valence-corrected chi connectivity index (χ0v) is 12.3. The van der Waals surface area contributed by atoms with Crippen molar-refractivity contribution >= 4 is 5.91 Å². The van der Waals surface area contributed by atoms with E-state index in [0.29, 0.717) is 5.56 Å². The number of alkyl halides is 3. The van der Waals surface area contributed by atoms with Gasteiger partial charge in [-0.3, -0.25) is 4.79 Å². The number of aromatic nitrogens is 2. The third kappa shape index (κ3) is 4.28. The van der Waals surface area contributed by atoms with E-state index in [1.54, 1.807) is 24.3 Å². The Morgan fingerprint density at radius 2 is 2.00 bits per heavy atom. The highest BCUT2D eigenvalue weighted by Gasteiger charge is 2.38. The lowest BCUT2D eigenvalue weighted by atomic mass is 10.1. The molecule has 0 radical (unpaired) electrons. The van der Waals surface area contributed by atoms with Crippen LogP contribution in [0.25, 0.3) is 11.4 Å². The van der Waals surface area contributed by atoms with Gasteiger partial charge in [-0.1, -0.05) is 29.4 Å². The Morgan fingerprint density at radius 3 is 2.48 bits per heavy atom. The largest absolute Gasteiger partial charge is 0.471 e. The highest BCUT2D eigenvalue weighted by Crippen LogP contribution is 2.29. The number of methoxy groups -OCH3 is 1. The van der Waals surface area contributed by atoms with Gasteiger partial charge in [0, 0.05) is 26.1 Å². The average molecular weight is 329 g/mol. The molecule has 6 nitrogen and oxygen atoms in total. The predicted octanol–water partition coefficient (Wildman–Crippen LogP) is 2.58. The Labute approximate surface area is 129 Å². The lowest BCUT2D eigenvalue weighted by molar-refractivity contribution is -0.159. The van der Waals surface area contributed by atoms with Crippen molar-refractivity contribution in [1.82, 2.24) is 15.5 Å². The van der Waals surface area contributed by atoms with Crippen LogP contribution in [0.15, 0.2) is 28.8 Å². The van der Waals surface area contributed by atoms with Gasteiger partial charge >= 0.3 is 12.1 Å². The summed E-state index contributed by atoms with van der Waals surface area (Å²) in [6.45, 7) is 1.68. The fourth-order valence-electron chi connectivity index (χ4n) is 1.88. The number of nitrogens with one attached hydrogen (secondary N) is 1. The maximum Gasteiger partial charge on any atom is 0.471 e. The topological polar surface area (TPSA) is 77.2 Å². The summed E-state index contributed by atoms with van der Waals surface area (Å²) in [5, 5.41) is 5.95. The van der Waals surface area contributed by atoms with Crippen molar-refractivity contribution in [2.45, 2.75) is 19.2 Å². The number of amides is 1. The molecule has 0 aliphatic heterocycles. The lowest BCUT2D eigenvalue weighted by Crippen LogP contribution is -2.26. The normalized spacial score (nSPS) is 12.9. The van der Waals surface area contributed by atoms with Gasteiger partial charge in [0.15, 0.2) is 0 Å².